The number of fused-ring (bicyclic) bond motifs is 1. The lowest BCUT2D eigenvalue weighted by Crippen LogP contribution is -2.34. The van der Waals surface area contributed by atoms with Crippen molar-refractivity contribution in [1.82, 2.24) is 4.31 Å². The summed E-state index contributed by atoms with van der Waals surface area (Å²) in [5.74, 6) is 0.0949. The third-order valence-corrected chi connectivity index (χ3v) is 6.39. The molecule has 0 aromatic heterocycles. The van der Waals surface area contributed by atoms with Crippen LogP contribution in [0.25, 0.3) is 10.8 Å². The maximum absolute atomic E-state index is 12.7. The summed E-state index contributed by atoms with van der Waals surface area (Å²) >= 11 is 0. The number of nitrogens with zero attached hydrogens (tertiary/aromatic N) is 1. The van der Waals surface area contributed by atoms with Gasteiger partial charge in [-0.3, -0.25) is 9.59 Å². The van der Waals surface area contributed by atoms with Crippen LogP contribution in [-0.2, 0) is 14.8 Å². The number of benzene rings is 3. The lowest BCUT2D eigenvalue weighted by Gasteiger charge is -2.16. The second kappa shape index (κ2) is 8.64. The Balaban J connectivity index is 1.71. The van der Waals surface area contributed by atoms with Crippen molar-refractivity contribution < 1.29 is 27.5 Å². The van der Waals surface area contributed by atoms with Crippen LogP contribution in [0.4, 0.5) is 0 Å². The van der Waals surface area contributed by atoms with Crippen molar-refractivity contribution in [1.29, 1.82) is 0 Å². The monoisotopic (exact) mass is 427 g/mol. The molecule has 0 N–H and O–H groups in total. The highest BCUT2D eigenvalue weighted by molar-refractivity contribution is 7.89. The summed E-state index contributed by atoms with van der Waals surface area (Å²) in [6.07, 6.45) is 0. The number of carbonyl (C=O) groups is 2. The van der Waals surface area contributed by atoms with Gasteiger partial charge in [0.2, 0.25) is 10.0 Å². The van der Waals surface area contributed by atoms with Crippen molar-refractivity contribution >= 4 is 32.5 Å². The molecule has 0 radical (unpaired) electrons. The van der Waals surface area contributed by atoms with E-state index in [0.717, 1.165) is 15.1 Å². The summed E-state index contributed by atoms with van der Waals surface area (Å²) in [6, 6.07) is 16.2. The highest BCUT2D eigenvalue weighted by atomic mass is 32.2. The van der Waals surface area contributed by atoms with Crippen molar-refractivity contribution in [3.8, 4) is 11.5 Å². The van der Waals surface area contributed by atoms with E-state index in [1.165, 1.54) is 38.2 Å². The number of hydrogen-bond acceptors (Lipinski definition) is 6. The molecule has 3 rings (SSSR count). The summed E-state index contributed by atoms with van der Waals surface area (Å²) in [4.78, 5) is 23.6. The SMILES string of the molecule is COc1ccc2ccc(OC(=O)CN(C)S(=O)(=O)c3ccc(C(C)=O)cc3)cc2c1. The minimum atomic E-state index is -3.91. The Bertz CT molecular complexity index is 1200. The van der Waals surface area contributed by atoms with Crippen molar-refractivity contribution in [3.05, 3.63) is 66.2 Å². The fourth-order valence-electron chi connectivity index (χ4n) is 2.87. The molecule has 3 aromatic rings. The maximum atomic E-state index is 12.7. The molecule has 7 nitrogen and oxygen atoms in total. The molecule has 0 bridgehead atoms. The molecule has 0 saturated heterocycles. The number of esters is 1. The summed E-state index contributed by atoms with van der Waals surface area (Å²) in [5, 5.41) is 1.77. The number of rotatable bonds is 7. The van der Waals surface area contributed by atoms with Gasteiger partial charge in [-0.25, -0.2) is 8.42 Å². The van der Waals surface area contributed by atoms with Gasteiger partial charge in [0, 0.05) is 12.6 Å². The third kappa shape index (κ3) is 4.67. The molecule has 0 heterocycles. The molecule has 0 spiro atoms. The van der Waals surface area contributed by atoms with Crippen LogP contribution in [0.1, 0.15) is 17.3 Å². The van der Waals surface area contributed by atoms with Crippen molar-refractivity contribution in [2.75, 3.05) is 20.7 Å². The van der Waals surface area contributed by atoms with Crippen LogP contribution in [0.2, 0.25) is 0 Å². The van der Waals surface area contributed by atoms with Crippen molar-refractivity contribution in [2.24, 2.45) is 0 Å². The minimum Gasteiger partial charge on any atom is -0.497 e. The molecule has 30 heavy (non-hydrogen) atoms. The third-order valence-electron chi connectivity index (χ3n) is 4.57. The quantitative estimate of drug-likeness (QED) is 0.327. The maximum Gasteiger partial charge on any atom is 0.326 e. The standard InChI is InChI=1S/C22H21NO6S/c1-15(24)16-6-10-21(11-7-16)30(26,27)23(2)14-22(25)29-20-9-5-17-4-8-19(28-3)12-18(17)13-20/h4-13H,14H2,1-3H3. The van der Waals surface area contributed by atoms with Crippen LogP contribution in [0.3, 0.4) is 0 Å². The lowest BCUT2D eigenvalue weighted by molar-refractivity contribution is -0.134. The average molecular weight is 427 g/mol. The molecular formula is C22H21NO6S. The number of sulfonamides is 1. The second-order valence-electron chi connectivity index (χ2n) is 6.69. The average Bonchev–Trinajstić information content (AvgIpc) is 2.73. The molecule has 0 amide bonds. The minimum absolute atomic E-state index is 0.0133. The van der Waals surface area contributed by atoms with Gasteiger partial charge in [-0.15, -0.1) is 0 Å². The van der Waals surface area contributed by atoms with Gasteiger partial charge in [0.15, 0.2) is 5.78 Å². The molecule has 0 fully saturated rings. The first-order valence-electron chi connectivity index (χ1n) is 9.06. The van der Waals surface area contributed by atoms with E-state index >= 15 is 0 Å². The summed E-state index contributed by atoms with van der Waals surface area (Å²) in [6.45, 7) is 0.932. The fourth-order valence-corrected chi connectivity index (χ4v) is 3.98. The van der Waals surface area contributed by atoms with Crippen LogP contribution in [0.15, 0.2) is 65.6 Å². The van der Waals surface area contributed by atoms with Crippen LogP contribution in [0.5, 0.6) is 11.5 Å². The van der Waals surface area contributed by atoms with Crippen LogP contribution >= 0.6 is 0 Å². The molecule has 0 aliphatic carbocycles. The zero-order valence-corrected chi connectivity index (χ0v) is 17.6. The van der Waals surface area contributed by atoms with E-state index in [0.29, 0.717) is 17.1 Å². The number of carbonyl (C=O) groups excluding carboxylic acids is 2. The number of ketones is 1. The zero-order chi connectivity index (χ0) is 21.9. The highest BCUT2D eigenvalue weighted by Gasteiger charge is 2.24. The van der Waals surface area contributed by atoms with Crippen LogP contribution in [0, 0.1) is 0 Å². The molecule has 8 heteroatoms. The van der Waals surface area contributed by atoms with E-state index in [-0.39, 0.29) is 10.7 Å². The molecule has 0 saturated carbocycles. The first-order valence-corrected chi connectivity index (χ1v) is 10.5. The summed E-state index contributed by atoms with van der Waals surface area (Å²) in [7, 11) is -1.05. The van der Waals surface area contributed by atoms with Gasteiger partial charge in [0.1, 0.15) is 18.0 Å². The Labute approximate surface area is 174 Å². The molecule has 156 valence electrons. The number of Topliss-reactive ketones (excluding diaryl/α,β-unsaturated/α-hetero) is 1. The number of ether oxygens (including phenoxy) is 2. The van der Waals surface area contributed by atoms with Crippen LogP contribution in [-0.4, -0.2) is 45.2 Å². The summed E-state index contributed by atoms with van der Waals surface area (Å²) in [5.41, 5.74) is 0.406. The molecule has 0 unspecified atom stereocenters. The van der Waals surface area contributed by atoms with Crippen molar-refractivity contribution in [3.63, 3.8) is 0 Å². The molecule has 3 aromatic carbocycles. The van der Waals surface area contributed by atoms with Gasteiger partial charge < -0.3 is 9.47 Å². The Morgan fingerprint density at radius 2 is 1.50 bits per heavy atom. The molecule has 0 aliphatic rings. The Kier molecular flexibility index (Phi) is 6.19. The Morgan fingerprint density at radius 1 is 0.900 bits per heavy atom. The van der Waals surface area contributed by atoms with E-state index in [1.807, 2.05) is 18.2 Å². The second-order valence-corrected chi connectivity index (χ2v) is 8.74. The predicted octanol–water partition coefficient (Wildman–Crippen LogP) is 3.28. The predicted molar refractivity (Wildman–Crippen MR) is 112 cm³/mol. The van der Waals surface area contributed by atoms with Gasteiger partial charge in [-0.1, -0.05) is 24.3 Å². The molecular weight excluding hydrogens is 406 g/mol. The normalized spacial score (nSPS) is 11.5. The van der Waals surface area contributed by atoms with E-state index in [9.17, 15) is 18.0 Å². The zero-order valence-electron chi connectivity index (χ0n) is 16.8. The van der Waals surface area contributed by atoms with E-state index in [1.54, 1.807) is 25.3 Å². The Morgan fingerprint density at radius 3 is 2.10 bits per heavy atom. The van der Waals surface area contributed by atoms with Crippen LogP contribution < -0.4 is 9.47 Å². The highest BCUT2D eigenvalue weighted by Crippen LogP contribution is 2.25. The smallest absolute Gasteiger partial charge is 0.326 e. The van der Waals surface area contributed by atoms with Gasteiger partial charge in [-0.2, -0.15) is 4.31 Å². The largest absolute Gasteiger partial charge is 0.497 e. The number of likely N-dealkylation sites (N-methyl/N-ethyl adjacent to an activating group) is 1. The number of hydrogen-bond donors (Lipinski definition) is 0. The van der Waals surface area contributed by atoms with Crippen molar-refractivity contribution in [2.45, 2.75) is 11.8 Å². The summed E-state index contributed by atoms with van der Waals surface area (Å²) < 4.78 is 36.8. The van der Waals surface area contributed by atoms with Gasteiger partial charge in [0.25, 0.3) is 0 Å². The van der Waals surface area contributed by atoms with E-state index < -0.39 is 22.5 Å². The van der Waals surface area contributed by atoms with Gasteiger partial charge in [0.05, 0.1) is 12.0 Å². The first kappa shape index (κ1) is 21.5. The first-order chi connectivity index (χ1) is 14.2. The van der Waals surface area contributed by atoms with Gasteiger partial charge >= 0.3 is 5.97 Å². The van der Waals surface area contributed by atoms with E-state index in [4.69, 9.17) is 9.47 Å². The van der Waals surface area contributed by atoms with Gasteiger partial charge in [-0.05, 0) is 54.1 Å². The lowest BCUT2D eigenvalue weighted by atomic mass is 10.1. The number of methoxy groups -OCH3 is 1. The topological polar surface area (TPSA) is 90.0 Å². The van der Waals surface area contributed by atoms with E-state index in [2.05, 4.69) is 0 Å². The molecule has 0 aliphatic heterocycles. The molecule has 0 atom stereocenters. The Hall–Kier alpha value is -3.23. The fraction of sp³-hybridized carbons (Fsp3) is 0.182.